The Morgan fingerprint density at radius 2 is 1.84 bits per heavy atom. The van der Waals surface area contributed by atoms with E-state index in [4.69, 9.17) is 11.6 Å². The first-order valence-corrected chi connectivity index (χ1v) is 7.82. The predicted molar refractivity (Wildman–Crippen MR) is 97.2 cm³/mol. The second kappa shape index (κ2) is 7.15. The van der Waals surface area contributed by atoms with E-state index in [9.17, 15) is 14.9 Å². The molecule has 3 aromatic rings. The third-order valence-electron chi connectivity index (χ3n) is 3.63. The van der Waals surface area contributed by atoms with Gasteiger partial charge in [0.1, 0.15) is 0 Å². The van der Waals surface area contributed by atoms with Crippen LogP contribution in [0.15, 0.2) is 72.9 Å². The largest absolute Gasteiger partial charge is 0.317 e. The van der Waals surface area contributed by atoms with Gasteiger partial charge >= 0.3 is 0 Å². The van der Waals surface area contributed by atoms with Crippen LogP contribution in [0.1, 0.15) is 16.1 Å². The van der Waals surface area contributed by atoms with E-state index in [1.165, 1.54) is 18.2 Å². The molecule has 3 rings (SSSR count). The number of halogens is 1. The van der Waals surface area contributed by atoms with Crippen LogP contribution in [-0.4, -0.2) is 15.3 Å². The highest BCUT2D eigenvalue weighted by Gasteiger charge is 2.08. The Kier molecular flexibility index (Phi) is 4.77. The summed E-state index contributed by atoms with van der Waals surface area (Å²) in [5, 5.41) is 11.5. The highest BCUT2D eigenvalue weighted by Crippen LogP contribution is 2.20. The Labute approximate surface area is 148 Å². The summed E-state index contributed by atoms with van der Waals surface area (Å²) >= 11 is 5.82. The Hall–Kier alpha value is -3.18. The van der Waals surface area contributed by atoms with Gasteiger partial charge in [-0.15, -0.1) is 0 Å². The summed E-state index contributed by atoms with van der Waals surface area (Å²) in [5.74, 6) is -0.150. The maximum Gasteiger partial charge on any atom is 0.271 e. The van der Waals surface area contributed by atoms with Crippen LogP contribution in [0, 0.1) is 10.1 Å². The van der Waals surface area contributed by atoms with Crippen molar-refractivity contribution in [2.75, 3.05) is 0 Å². The minimum absolute atomic E-state index is 0.0124. The number of benzene rings is 2. The predicted octanol–water partition coefficient (Wildman–Crippen LogP) is 4.94. The molecule has 0 spiro atoms. The summed E-state index contributed by atoms with van der Waals surface area (Å²) in [7, 11) is 0. The average Bonchev–Trinajstić information content (AvgIpc) is 3.09. The van der Waals surface area contributed by atoms with Crippen molar-refractivity contribution in [3.63, 3.8) is 0 Å². The fraction of sp³-hybridized carbons (Fsp3) is 0. The molecule has 0 unspecified atom stereocenters. The lowest BCUT2D eigenvalue weighted by Crippen LogP contribution is -1.98. The van der Waals surface area contributed by atoms with Gasteiger partial charge in [-0.25, -0.2) is 0 Å². The van der Waals surface area contributed by atoms with E-state index in [1.54, 1.807) is 53.2 Å². The van der Waals surface area contributed by atoms with Gasteiger partial charge in [0.25, 0.3) is 5.69 Å². The van der Waals surface area contributed by atoms with E-state index in [0.717, 1.165) is 5.69 Å². The number of nitrogens with zero attached hydrogens (tertiary/aromatic N) is 2. The Bertz CT molecular complexity index is 959. The molecule has 0 N–H and O–H groups in total. The van der Waals surface area contributed by atoms with Crippen LogP contribution >= 0.6 is 11.6 Å². The number of nitro groups is 1. The number of allylic oxidation sites excluding steroid dienone is 1. The lowest BCUT2D eigenvalue weighted by atomic mass is 10.1. The highest BCUT2D eigenvalue weighted by atomic mass is 35.5. The molecule has 1 heterocycles. The molecule has 0 aliphatic rings. The van der Waals surface area contributed by atoms with E-state index in [-0.39, 0.29) is 11.5 Å². The van der Waals surface area contributed by atoms with Gasteiger partial charge in [0.05, 0.1) is 10.6 Å². The number of ketones is 1. The maximum atomic E-state index is 12.2. The van der Waals surface area contributed by atoms with Gasteiger partial charge in [-0.1, -0.05) is 17.7 Å². The molecule has 0 atom stereocenters. The number of non-ortho nitro benzene ring substituents is 1. The van der Waals surface area contributed by atoms with Crippen LogP contribution in [0.3, 0.4) is 0 Å². The van der Waals surface area contributed by atoms with Crippen molar-refractivity contribution < 1.29 is 9.72 Å². The number of carbonyl (C=O) groups excluding carboxylic acids is 1. The molecule has 0 saturated carbocycles. The minimum atomic E-state index is -0.438. The summed E-state index contributed by atoms with van der Waals surface area (Å²) in [6, 6.07) is 16.6. The van der Waals surface area contributed by atoms with Crippen LogP contribution in [-0.2, 0) is 0 Å². The van der Waals surface area contributed by atoms with Crippen molar-refractivity contribution in [2.24, 2.45) is 0 Å². The summed E-state index contributed by atoms with van der Waals surface area (Å²) in [6.45, 7) is 0. The summed E-state index contributed by atoms with van der Waals surface area (Å²) in [4.78, 5) is 22.7. The number of carbonyl (C=O) groups is 1. The molecular formula is C19H13ClN2O3. The van der Waals surface area contributed by atoms with Crippen LogP contribution in [0.5, 0.6) is 0 Å². The first-order valence-electron chi connectivity index (χ1n) is 7.45. The highest BCUT2D eigenvalue weighted by molar-refractivity contribution is 6.30. The van der Waals surface area contributed by atoms with Crippen LogP contribution in [0.2, 0.25) is 5.02 Å². The molecular weight excluding hydrogens is 340 g/mol. The van der Waals surface area contributed by atoms with E-state index < -0.39 is 4.92 Å². The molecule has 2 aromatic carbocycles. The van der Waals surface area contributed by atoms with Crippen molar-refractivity contribution >= 4 is 29.1 Å². The molecule has 1 aromatic heterocycles. The Morgan fingerprint density at radius 3 is 2.56 bits per heavy atom. The maximum absolute atomic E-state index is 12.2. The summed E-state index contributed by atoms with van der Waals surface area (Å²) < 4.78 is 1.78. The van der Waals surface area contributed by atoms with E-state index >= 15 is 0 Å². The molecule has 0 bridgehead atoms. The molecule has 0 fully saturated rings. The molecule has 5 nitrogen and oxygen atoms in total. The van der Waals surface area contributed by atoms with Gasteiger partial charge in [-0.3, -0.25) is 14.9 Å². The van der Waals surface area contributed by atoms with Gasteiger partial charge in [-0.2, -0.15) is 0 Å². The quantitative estimate of drug-likeness (QED) is 0.283. The van der Waals surface area contributed by atoms with Crippen molar-refractivity contribution in [2.45, 2.75) is 0 Å². The van der Waals surface area contributed by atoms with Crippen molar-refractivity contribution in [3.8, 4) is 5.69 Å². The zero-order valence-electron chi connectivity index (χ0n) is 13.0. The zero-order chi connectivity index (χ0) is 17.8. The Morgan fingerprint density at radius 1 is 1.08 bits per heavy atom. The molecule has 0 aliphatic heterocycles. The van der Waals surface area contributed by atoms with Crippen molar-refractivity contribution in [3.05, 3.63) is 99.3 Å². The first kappa shape index (κ1) is 16.7. The van der Waals surface area contributed by atoms with Gasteiger partial charge < -0.3 is 4.57 Å². The number of hydrogen-bond donors (Lipinski definition) is 0. The molecule has 124 valence electrons. The minimum Gasteiger partial charge on any atom is -0.317 e. The normalized spacial score (nSPS) is 10.9. The van der Waals surface area contributed by atoms with Gasteiger partial charge in [0.2, 0.25) is 0 Å². The number of aromatic nitrogens is 1. The second-order valence-electron chi connectivity index (χ2n) is 5.28. The van der Waals surface area contributed by atoms with E-state index in [2.05, 4.69) is 0 Å². The van der Waals surface area contributed by atoms with E-state index in [1.807, 2.05) is 12.1 Å². The lowest BCUT2D eigenvalue weighted by molar-refractivity contribution is -0.384. The molecule has 6 heteroatoms. The molecule has 0 aliphatic carbocycles. The third-order valence-corrected chi connectivity index (χ3v) is 3.89. The van der Waals surface area contributed by atoms with Gasteiger partial charge in [0.15, 0.2) is 5.78 Å². The first-order chi connectivity index (χ1) is 12.0. The summed E-state index contributed by atoms with van der Waals surface area (Å²) in [6.07, 6.45) is 4.92. The van der Waals surface area contributed by atoms with Crippen LogP contribution < -0.4 is 0 Å². The fourth-order valence-corrected chi connectivity index (χ4v) is 2.52. The lowest BCUT2D eigenvalue weighted by Gasteiger charge is -2.06. The number of nitro benzene ring substituents is 1. The molecule has 0 amide bonds. The molecule has 0 radical (unpaired) electrons. The zero-order valence-corrected chi connectivity index (χ0v) is 13.8. The smallest absolute Gasteiger partial charge is 0.271 e. The topological polar surface area (TPSA) is 65.1 Å². The average molecular weight is 353 g/mol. The van der Waals surface area contributed by atoms with Gasteiger partial charge in [0, 0.05) is 34.6 Å². The van der Waals surface area contributed by atoms with Crippen LogP contribution in [0.25, 0.3) is 11.8 Å². The van der Waals surface area contributed by atoms with Crippen molar-refractivity contribution in [1.29, 1.82) is 0 Å². The SMILES string of the molecule is O=C(/C=C/c1cccn1-c1cccc([N+](=O)[O-])c1)c1ccc(Cl)cc1. The van der Waals surface area contributed by atoms with Crippen LogP contribution in [0.4, 0.5) is 5.69 Å². The molecule has 0 saturated heterocycles. The number of rotatable bonds is 5. The summed E-state index contributed by atoms with van der Waals surface area (Å²) in [5.41, 5.74) is 1.94. The van der Waals surface area contributed by atoms with Gasteiger partial charge in [-0.05, 0) is 54.6 Å². The van der Waals surface area contributed by atoms with Crippen molar-refractivity contribution in [1.82, 2.24) is 4.57 Å². The second-order valence-corrected chi connectivity index (χ2v) is 5.72. The third kappa shape index (κ3) is 3.84. The monoisotopic (exact) mass is 352 g/mol. The fourth-order valence-electron chi connectivity index (χ4n) is 2.39. The number of hydrogen-bond acceptors (Lipinski definition) is 3. The molecule has 25 heavy (non-hydrogen) atoms. The Balaban J connectivity index is 1.87. The standard InChI is InChI=1S/C19H13ClN2O3/c20-15-8-6-14(7-9-15)19(23)11-10-16-5-2-12-21(16)17-3-1-4-18(13-17)22(24)25/h1-13H/b11-10+. The van der Waals surface area contributed by atoms with E-state index in [0.29, 0.717) is 16.3 Å².